The van der Waals surface area contributed by atoms with Crippen LogP contribution in [0.3, 0.4) is 0 Å². The molecule has 11 nitrogen and oxygen atoms in total. The lowest BCUT2D eigenvalue weighted by atomic mass is 9.95. The van der Waals surface area contributed by atoms with Crippen molar-refractivity contribution in [3.05, 3.63) is 97.9 Å². The number of carbonyl (C=O) groups excluding carboxylic acids is 2. The molecule has 2 atom stereocenters. The van der Waals surface area contributed by atoms with Gasteiger partial charge in [0.1, 0.15) is 19.0 Å². The van der Waals surface area contributed by atoms with Gasteiger partial charge in [0.25, 0.3) is 0 Å². The molecule has 3 aromatic carbocycles. The van der Waals surface area contributed by atoms with E-state index in [4.69, 9.17) is 30.5 Å². The van der Waals surface area contributed by atoms with Crippen molar-refractivity contribution in [1.29, 1.82) is 0 Å². The van der Waals surface area contributed by atoms with Crippen LogP contribution in [0.5, 0.6) is 17.2 Å². The smallest absolute Gasteiger partial charge is 0.337 e. The molecular weight excluding hydrogens is 675 g/mol. The van der Waals surface area contributed by atoms with Crippen molar-refractivity contribution in [2.24, 2.45) is 5.10 Å². The Bertz CT molecular complexity index is 1580. The Morgan fingerprint density at radius 3 is 2.60 bits per heavy atom. The zero-order valence-electron chi connectivity index (χ0n) is 24.5. The lowest BCUT2D eigenvalue weighted by Gasteiger charge is -2.28. The molecule has 0 unspecified atom stereocenters. The van der Waals surface area contributed by atoms with Crippen molar-refractivity contribution in [3.8, 4) is 17.2 Å². The highest BCUT2D eigenvalue weighted by Crippen LogP contribution is 2.36. The maximum Gasteiger partial charge on any atom is 0.337 e. The molecule has 0 saturated heterocycles. The number of urea groups is 1. The first-order valence-electron chi connectivity index (χ1n) is 13.7. The summed E-state index contributed by atoms with van der Waals surface area (Å²) < 4.78 is 35.9. The Morgan fingerprint density at radius 1 is 1.16 bits per heavy atom. The van der Waals surface area contributed by atoms with Gasteiger partial charge in [0.05, 0.1) is 41.0 Å². The van der Waals surface area contributed by atoms with Crippen molar-refractivity contribution < 1.29 is 38.0 Å². The van der Waals surface area contributed by atoms with Gasteiger partial charge in [-0.05, 0) is 82.9 Å². The summed E-state index contributed by atoms with van der Waals surface area (Å²) in [7, 11) is 1.26. The minimum absolute atomic E-state index is 0.187. The zero-order chi connectivity index (χ0) is 32.5. The van der Waals surface area contributed by atoms with Crippen LogP contribution in [0.15, 0.2) is 75.4 Å². The van der Waals surface area contributed by atoms with E-state index in [9.17, 15) is 19.1 Å². The molecule has 0 aliphatic carbocycles. The molecule has 0 bridgehead atoms. The Kier molecular flexibility index (Phi) is 11.6. The molecule has 0 aromatic heterocycles. The summed E-state index contributed by atoms with van der Waals surface area (Å²) in [6.45, 7) is 3.75. The van der Waals surface area contributed by atoms with E-state index in [1.807, 2.05) is 0 Å². The number of carbonyl (C=O) groups is 2. The first-order chi connectivity index (χ1) is 21.6. The number of allylic oxidation sites excluding steroid dienone is 1. The summed E-state index contributed by atoms with van der Waals surface area (Å²) in [5, 5.41) is 20.1. The van der Waals surface area contributed by atoms with Gasteiger partial charge in [-0.25, -0.2) is 14.0 Å². The van der Waals surface area contributed by atoms with Crippen LogP contribution in [-0.4, -0.2) is 49.9 Å². The lowest BCUT2D eigenvalue weighted by molar-refractivity contribution is -0.136. The molecule has 2 amide bonds. The number of benzene rings is 3. The predicted molar refractivity (Wildman–Crippen MR) is 169 cm³/mol. The maximum absolute atomic E-state index is 13.1. The zero-order valence-corrected chi connectivity index (χ0v) is 26.9. The number of amides is 2. The van der Waals surface area contributed by atoms with Gasteiger partial charge in [-0.3, -0.25) is 5.43 Å². The topological polar surface area (TPSA) is 140 Å². The minimum atomic E-state index is -1.19. The van der Waals surface area contributed by atoms with E-state index in [0.717, 1.165) is 5.56 Å². The van der Waals surface area contributed by atoms with Crippen molar-refractivity contribution >= 4 is 45.7 Å². The number of hydrogen-bond donors (Lipinski definition) is 4. The molecule has 45 heavy (non-hydrogen) atoms. The molecular formula is C31H31BrClFN4O7. The Morgan fingerprint density at radius 2 is 1.91 bits per heavy atom. The van der Waals surface area contributed by atoms with Gasteiger partial charge in [0.15, 0.2) is 23.5 Å². The SMILES string of the molecule is CCOc1cc([C@H]2NC(=O)NC(C)=C2C(=O)OC)ccc1OC[C@@H](O)N/N=C\c1cc(Cl)c(OCc2ccc(F)cc2)c(Br)c1. The number of hydrazone groups is 1. The number of aliphatic hydroxyl groups excluding tert-OH is 1. The summed E-state index contributed by atoms with van der Waals surface area (Å²) in [5.41, 5.74) is 5.19. The van der Waals surface area contributed by atoms with Crippen LogP contribution in [0.25, 0.3) is 0 Å². The molecule has 1 aliphatic heterocycles. The Labute approximate surface area is 272 Å². The molecule has 4 N–H and O–H groups in total. The monoisotopic (exact) mass is 704 g/mol. The number of aliphatic hydroxyl groups is 1. The third-order valence-electron chi connectivity index (χ3n) is 6.43. The van der Waals surface area contributed by atoms with Crippen molar-refractivity contribution in [2.45, 2.75) is 32.7 Å². The minimum Gasteiger partial charge on any atom is -0.490 e. The standard InChI is InChI=1S/C31H31BrClFN4O7/c1-4-43-25-13-20(28-27(30(40)42-3)17(2)36-31(41)37-28)7-10-24(25)44-16-26(39)38-35-14-19-11-22(32)29(23(33)12-19)45-15-18-5-8-21(34)9-6-18/h5-14,26,28,38-39H,4,15-16H2,1-3H3,(H2,36,37,41)/b35-14-/t26-,28-/m1/s1. The summed E-state index contributed by atoms with van der Waals surface area (Å²) >= 11 is 9.85. The average Bonchev–Trinajstić information content (AvgIpc) is 3.00. The number of nitrogens with zero attached hydrogens (tertiary/aromatic N) is 1. The van der Waals surface area contributed by atoms with Gasteiger partial charge in [-0.2, -0.15) is 5.10 Å². The molecule has 3 aromatic rings. The number of esters is 1. The molecule has 0 spiro atoms. The first-order valence-corrected chi connectivity index (χ1v) is 14.9. The van der Waals surface area contributed by atoms with Gasteiger partial charge in [0, 0.05) is 5.70 Å². The highest BCUT2D eigenvalue weighted by molar-refractivity contribution is 9.10. The fourth-order valence-electron chi connectivity index (χ4n) is 4.35. The second kappa shape index (κ2) is 15.6. The third-order valence-corrected chi connectivity index (χ3v) is 7.30. The molecule has 4 rings (SSSR count). The number of methoxy groups -OCH3 is 1. The Hall–Kier alpha value is -4.33. The van der Waals surface area contributed by atoms with E-state index >= 15 is 0 Å². The van der Waals surface area contributed by atoms with Crippen molar-refractivity contribution in [2.75, 3.05) is 20.3 Å². The van der Waals surface area contributed by atoms with E-state index in [-0.39, 0.29) is 24.6 Å². The second-order valence-corrected chi connectivity index (χ2v) is 10.9. The molecule has 238 valence electrons. The molecule has 0 saturated carbocycles. The fraction of sp³-hybridized carbons (Fsp3) is 0.258. The summed E-state index contributed by atoms with van der Waals surface area (Å²) in [6.07, 6.45) is 0.277. The van der Waals surface area contributed by atoms with E-state index in [0.29, 0.717) is 50.2 Å². The van der Waals surface area contributed by atoms with Gasteiger partial charge in [-0.1, -0.05) is 29.8 Å². The number of hydrogen-bond acceptors (Lipinski definition) is 9. The fourth-order valence-corrected chi connectivity index (χ4v) is 5.34. The molecule has 1 aliphatic rings. The highest BCUT2D eigenvalue weighted by atomic mass is 79.9. The van der Waals surface area contributed by atoms with E-state index in [2.05, 4.69) is 37.1 Å². The molecule has 14 heteroatoms. The van der Waals surface area contributed by atoms with Crippen LogP contribution in [0.2, 0.25) is 5.02 Å². The normalized spacial score (nSPS) is 15.3. The number of nitrogens with one attached hydrogen (secondary N) is 3. The summed E-state index contributed by atoms with van der Waals surface area (Å²) in [6, 6.07) is 13.1. The predicted octanol–water partition coefficient (Wildman–Crippen LogP) is 5.34. The second-order valence-electron chi connectivity index (χ2n) is 9.64. The van der Waals surface area contributed by atoms with Gasteiger partial charge in [0.2, 0.25) is 0 Å². The van der Waals surface area contributed by atoms with Crippen LogP contribution in [-0.2, 0) is 16.1 Å². The number of halogens is 3. The molecule has 1 heterocycles. The van der Waals surface area contributed by atoms with Gasteiger partial charge >= 0.3 is 12.0 Å². The molecule has 0 fully saturated rings. The quantitative estimate of drug-likeness (QED) is 0.0809. The lowest BCUT2D eigenvalue weighted by Crippen LogP contribution is -2.45. The van der Waals surface area contributed by atoms with Crippen LogP contribution < -0.4 is 30.3 Å². The largest absolute Gasteiger partial charge is 0.490 e. The van der Waals surface area contributed by atoms with Crippen LogP contribution >= 0.6 is 27.5 Å². The van der Waals surface area contributed by atoms with Crippen LogP contribution in [0.1, 0.15) is 36.6 Å². The van der Waals surface area contributed by atoms with Crippen LogP contribution in [0, 0.1) is 5.82 Å². The van der Waals surface area contributed by atoms with E-state index in [1.165, 1.54) is 25.5 Å². The van der Waals surface area contributed by atoms with Crippen molar-refractivity contribution in [1.82, 2.24) is 16.1 Å². The van der Waals surface area contributed by atoms with E-state index in [1.54, 1.807) is 56.3 Å². The van der Waals surface area contributed by atoms with Gasteiger partial charge in [-0.15, -0.1) is 0 Å². The summed E-state index contributed by atoms with van der Waals surface area (Å²) in [4.78, 5) is 24.6. The number of rotatable bonds is 13. The highest BCUT2D eigenvalue weighted by Gasteiger charge is 2.32. The first kappa shape index (κ1) is 33.6. The number of ether oxygens (including phenoxy) is 4. The third kappa shape index (κ3) is 8.87. The van der Waals surface area contributed by atoms with Crippen molar-refractivity contribution in [3.63, 3.8) is 0 Å². The average molecular weight is 706 g/mol. The molecule has 0 radical (unpaired) electrons. The van der Waals surface area contributed by atoms with E-state index < -0.39 is 24.3 Å². The summed E-state index contributed by atoms with van der Waals surface area (Å²) in [5.74, 6) is 0.190. The van der Waals surface area contributed by atoms with Gasteiger partial charge < -0.3 is 34.7 Å². The Balaban J connectivity index is 1.37. The maximum atomic E-state index is 13.1. The van der Waals surface area contributed by atoms with Crippen LogP contribution in [0.4, 0.5) is 9.18 Å².